The fraction of sp³-hybridized carbons (Fsp3) is 0.300. The minimum atomic E-state index is -0.377. The summed E-state index contributed by atoms with van der Waals surface area (Å²) in [5, 5.41) is 12.0. The molecular formula is C20H19N3O4S. The van der Waals surface area contributed by atoms with Gasteiger partial charge in [0.25, 0.3) is 0 Å². The lowest BCUT2D eigenvalue weighted by atomic mass is 9.96. The van der Waals surface area contributed by atoms with E-state index in [0.717, 1.165) is 29.7 Å². The second-order valence-corrected chi connectivity index (χ2v) is 7.24. The number of rotatable bonds is 5. The highest BCUT2D eigenvalue weighted by Gasteiger charge is 2.26. The van der Waals surface area contributed by atoms with E-state index in [9.17, 15) is 9.59 Å². The molecule has 1 amide bonds. The number of esters is 1. The summed E-state index contributed by atoms with van der Waals surface area (Å²) in [6.45, 7) is 0.625. The van der Waals surface area contributed by atoms with Crippen LogP contribution >= 0.6 is 11.3 Å². The molecule has 0 N–H and O–H groups in total. The minimum Gasteiger partial charge on any atom is -0.465 e. The number of amides is 1. The standard InChI is InChI=1S/C20H19N3O4S/c1-26-20(25)15-4-2-6-16-14(15)5-3-10-23(16)18(24)8-7-17-21-22-19(27-17)13-9-11-28-12-13/h2,4,6,9,11-12H,3,5,7-8,10H2,1H3. The van der Waals surface area contributed by atoms with Crippen molar-refractivity contribution in [2.24, 2.45) is 0 Å². The summed E-state index contributed by atoms with van der Waals surface area (Å²) in [5.74, 6) is 0.501. The number of aromatic nitrogens is 2. The van der Waals surface area contributed by atoms with E-state index in [1.807, 2.05) is 22.9 Å². The number of benzene rings is 1. The van der Waals surface area contributed by atoms with Gasteiger partial charge < -0.3 is 14.1 Å². The van der Waals surface area contributed by atoms with Gasteiger partial charge in [-0.25, -0.2) is 4.79 Å². The molecule has 8 heteroatoms. The quantitative estimate of drug-likeness (QED) is 0.613. The zero-order valence-electron chi connectivity index (χ0n) is 15.4. The highest BCUT2D eigenvalue weighted by atomic mass is 32.1. The lowest BCUT2D eigenvalue weighted by Gasteiger charge is -2.30. The molecule has 0 bridgehead atoms. The van der Waals surface area contributed by atoms with Crippen LogP contribution < -0.4 is 4.90 Å². The summed E-state index contributed by atoms with van der Waals surface area (Å²) < 4.78 is 10.5. The summed E-state index contributed by atoms with van der Waals surface area (Å²) in [7, 11) is 1.36. The van der Waals surface area contributed by atoms with Gasteiger partial charge in [0.1, 0.15) is 0 Å². The Kier molecular flexibility index (Phi) is 5.21. The third kappa shape index (κ3) is 3.55. The first-order valence-corrected chi connectivity index (χ1v) is 9.97. The Bertz CT molecular complexity index is 997. The lowest BCUT2D eigenvalue weighted by Crippen LogP contribution is -2.36. The van der Waals surface area contributed by atoms with Gasteiger partial charge >= 0.3 is 5.97 Å². The number of carbonyl (C=O) groups is 2. The molecule has 7 nitrogen and oxygen atoms in total. The Labute approximate surface area is 165 Å². The molecule has 1 aromatic carbocycles. The molecule has 4 rings (SSSR count). The summed E-state index contributed by atoms with van der Waals surface area (Å²) in [4.78, 5) is 26.6. The number of hydrogen-bond acceptors (Lipinski definition) is 7. The maximum atomic E-state index is 12.8. The zero-order valence-corrected chi connectivity index (χ0v) is 16.2. The fourth-order valence-corrected chi connectivity index (χ4v) is 4.02. The molecule has 0 spiro atoms. The lowest BCUT2D eigenvalue weighted by molar-refractivity contribution is -0.118. The molecule has 0 aliphatic carbocycles. The minimum absolute atomic E-state index is 0.0294. The first-order chi connectivity index (χ1) is 13.7. The summed E-state index contributed by atoms with van der Waals surface area (Å²) in [5.41, 5.74) is 3.06. The molecule has 0 saturated carbocycles. The van der Waals surface area contributed by atoms with Crippen molar-refractivity contribution in [3.05, 3.63) is 52.0 Å². The van der Waals surface area contributed by atoms with E-state index in [1.54, 1.807) is 28.4 Å². The Morgan fingerprint density at radius 2 is 2.18 bits per heavy atom. The largest absolute Gasteiger partial charge is 0.465 e. The van der Waals surface area contributed by atoms with Crippen LogP contribution in [0.15, 0.2) is 39.4 Å². The number of hydrogen-bond donors (Lipinski definition) is 0. The Balaban J connectivity index is 1.47. The smallest absolute Gasteiger partial charge is 0.338 e. The number of anilines is 1. The molecule has 0 fully saturated rings. The van der Waals surface area contributed by atoms with Crippen LogP contribution in [-0.2, 0) is 22.4 Å². The summed E-state index contributed by atoms with van der Waals surface area (Å²) in [6.07, 6.45) is 2.18. The van der Waals surface area contributed by atoms with Crippen LogP contribution in [0.1, 0.15) is 34.7 Å². The van der Waals surface area contributed by atoms with Gasteiger partial charge in [0.15, 0.2) is 0 Å². The summed E-state index contributed by atoms with van der Waals surface area (Å²) in [6, 6.07) is 7.31. The second-order valence-electron chi connectivity index (χ2n) is 6.46. The van der Waals surface area contributed by atoms with E-state index in [4.69, 9.17) is 9.15 Å². The average molecular weight is 397 g/mol. The van der Waals surface area contributed by atoms with Crippen molar-refractivity contribution in [1.82, 2.24) is 10.2 Å². The average Bonchev–Trinajstić information content (AvgIpc) is 3.42. The highest BCUT2D eigenvalue weighted by Crippen LogP contribution is 2.31. The maximum Gasteiger partial charge on any atom is 0.338 e. The molecule has 3 aromatic rings. The van der Waals surface area contributed by atoms with Gasteiger partial charge in [-0.15, -0.1) is 10.2 Å². The molecule has 3 heterocycles. The number of carbonyl (C=O) groups excluding carboxylic acids is 2. The molecule has 0 radical (unpaired) electrons. The van der Waals surface area contributed by atoms with E-state index in [0.29, 0.717) is 30.3 Å². The van der Waals surface area contributed by atoms with Crippen molar-refractivity contribution in [2.45, 2.75) is 25.7 Å². The molecule has 1 aliphatic heterocycles. The van der Waals surface area contributed by atoms with Crippen molar-refractivity contribution in [1.29, 1.82) is 0 Å². The van der Waals surface area contributed by atoms with Crippen molar-refractivity contribution >= 4 is 28.9 Å². The van der Waals surface area contributed by atoms with Gasteiger partial charge in [0.05, 0.1) is 12.7 Å². The van der Waals surface area contributed by atoms with E-state index < -0.39 is 0 Å². The van der Waals surface area contributed by atoms with Gasteiger partial charge in [-0.1, -0.05) is 6.07 Å². The Morgan fingerprint density at radius 3 is 2.96 bits per heavy atom. The van der Waals surface area contributed by atoms with Crippen molar-refractivity contribution in [2.75, 3.05) is 18.6 Å². The Hall–Kier alpha value is -3.00. The van der Waals surface area contributed by atoms with Crippen LogP contribution in [0.2, 0.25) is 0 Å². The number of nitrogens with zero attached hydrogens (tertiary/aromatic N) is 3. The summed E-state index contributed by atoms with van der Waals surface area (Å²) >= 11 is 1.56. The van der Waals surface area contributed by atoms with E-state index >= 15 is 0 Å². The monoisotopic (exact) mass is 397 g/mol. The van der Waals surface area contributed by atoms with Crippen molar-refractivity contribution < 1.29 is 18.7 Å². The third-order valence-electron chi connectivity index (χ3n) is 4.74. The Morgan fingerprint density at radius 1 is 1.29 bits per heavy atom. The van der Waals surface area contributed by atoms with Gasteiger partial charge in [0, 0.05) is 36.0 Å². The first kappa shape index (κ1) is 18.4. The van der Waals surface area contributed by atoms with Gasteiger partial charge in [-0.05, 0) is 42.0 Å². The number of fused-ring (bicyclic) bond motifs is 1. The van der Waals surface area contributed by atoms with Gasteiger partial charge in [-0.3, -0.25) is 4.79 Å². The first-order valence-electron chi connectivity index (χ1n) is 9.03. The molecule has 144 valence electrons. The molecular weight excluding hydrogens is 378 g/mol. The number of aryl methyl sites for hydroxylation is 1. The molecule has 28 heavy (non-hydrogen) atoms. The van der Waals surface area contributed by atoms with E-state index in [2.05, 4.69) is 10.2 Å². The van der Waals surface area contributed by atoms with Crippen LogP contribution in [0.25, 0.3) is 11.5 Å². The fourth-order valence-electron chi connectivity index (χ4n) is 3.39. The highest BCUT2D eigenvalue weighted by molar-refractivity contribution is 7.08. The predicted octanol–water partition coefficient (Wildman–Crippen LogP) is 3.50. The van der Waals surface area contributed by atoms with Crippen LogP contribution in [-0.4, -0.2) is 35.7 Å². The predicted molar refractivity (Wildman–Crippen MR) is 104 cm³/mol. The zero-order chi connectivity index (χ0) is 19.5. The number of ether oxygens (including phenoxy) is 1. The number of thiophene rings is 1. The van der Waals surface area contributed by atoms with Crippen LogP contribution in [0.3, 0.4) is 0 Å². The molecule has 1 aliphatic rings. The van der Waals surface area contributed by atoms with Gasteiger partial charge in [0.2, 0.25) is 17.7 Å². The van der Waals surface area contributed by atoms with Crippen LogP contribution in [0, 0.1) is 0 Å². The maximum absolute atomic E-state index is 12.8. The number of methoxy groups -OCH3 is 1. The molecule has 2 aromatic heterocycles. The van der Waals surface area contributed by atoms with Crippen molar-refractivity contribution in [3.63, 3.8) is 0 Å². The topological polar surface area (TPSA) is 85.5 Å². The normalized spacial score (nSPS) is 13.2. The van der Waals surface area contributed by atoms with E-state index in [1.165, 1.54) is 7.11 Å². The molecule has 0 unspecified atom stereocenters. The SMILES string of the molecule is COC(=O)c1cccc2c1CCCN2C(=O)CCc1nnc(-c2ccsc2)o1. The van der Waals surface area contributed by atoms with Gasteiger partial charge in [-0.2, -0.15) is 11.3 Å². The molecule has 0 atom stereocenters. The third-order valence-corrected chi connectivity index (χ3v) is 5.43. The van der Waals surface area contributed by atoms with Crippen molar-refractivity contribution in [3.8, 4) is 11.5 Å². The van der Waals surface area contributed by atoms with Crippen LogP contribution in [0.5, 0.6) is 0 Å². The second kappa shape index (κ2) is 7.93. The van der Waals surface area contributed by atoms with E-state index in [-0.39, 0.29) is 18.3 Å². The molecule has 0 saturated heterocycles. The van der Waals surface area contributed by atoms with Crippen LogP contribution in [0.4, 0.5) is 5.69 Å².